The van der Waals surface area contributed by atoms with Crippen molar-refractivity contribution in [2.75, 3.05) is 14.2 Å². The zero-order valence-electron chi connectivity index (χ0n) is 21.9. The molecule has 1 saturated carbocycles. The minimum Gasteiger partial charge on any atom is -0.497 e. The van der Waals surface area contributed by atoms with Crippen LogP contribution in [0.4, 0.5) is 5.69 Å². The molecule has 0 N–H and O–H groups in total. The number of methoxy groups -OCH3 is 2. The van der Waals surface area contributed by atoms with Gasteiger partial charge < -0.3 is 14.0 Å². The van der Waals surface area contributed by atoms with E-state index in [4.69, 9.17) is 14.5 Å². The van der Waals surface area contributed by atoms with Gasteiger partial charge in [-0.15, -0.1) is 11.3 Å². The normalized spacial score (nSPS) is 15.1. The summed E-state index contributed by atoms with van der Waals surface area (Å²) in [6.07, 6.45) is 7.06. The summed E-state index contributed by atoms with van der Waals surface area (Å²) < 4.78 is 17.2. The van der Waals surface area contributed by atoms with Crippen molar-refractivity contribution >= 4 is 17.0 Å². The molecule has 0 aliphatic heterocycles. The van der Waals surface area contributed by atoms with Crippen LogP contribution in [0.1, 0.15) is 50.3 Å². The molecule has 0 bridgehead atoms. The van der Waals surface area contributed by atoms with E-state index >= 15 is 0 Å². The summed E-state index contributed by atoms with van der Waals surface area (Å²) in [5.74, 6) is 1.56. The third-order valence-corrected chi connectivity index (χ3v) is 8.19. The summed E-state index contributed by atoms with van der Waals surface area (Å²) in [6.45, 7) is 1.95. The van der Waals surface area contributed by atoms with E-state index in [2.05, 4.69) is 9.95 Å². The van der Waals surface area contributed by atoms with Crippen LogP contribution in [-0.4, -0.2) is 28.2 Å². The molecule has 1 fully saturated rings. The van der Waals surface area contributed by atoms with Gasteiger partial charge in [0.05, 0.1) is 31.3 Å². The first-order valence-corrected chi connectivity index (χ1v) is 13.7. The fourth-order valence-electron chi connectivity index (χ4n) is 5.26. The molecule has 0 atom stereocenters. The Labute approximate surface area is 221 Å². The van der Waals surface area contributed by atoms with E-state index in [1.54, 1.807) is 30.2 Å². The van der Waals surface area contributed by atoms with Gasteiger partial charge >= 0.3 is 0 Å². The highest BCUT2D eigenvalue weighted by atomic mass is 32.1. The number of aromatic nitrogens is 3. The van der Waals surface area contributed by atoms with Crippen LogP contribution in [0.3, 0.4) is 0 Å². The molecular formula is C29H34N4O3S. The van der Waals surface area contributed by atoms with Gasteiger partial charge in [0, 0.05) is 24.0 Å². The fraction of sp³-hybridized carbons (Fsp3) is 0.379. The number of benzene rings is 2. The molecule has 0 saturated heterocycles. The van der Waals surface area contributed by atoms with Gasteiger partial charge in [-0.3, -0.25) is 9.48 Å². The number of thiazole rings is 1. The molecule has 0 radical (unpaired) electrons. The minimum absolute atomic E-state index is 0.118. The highest BCUT2D eigenvalue weighted by Gasteiger charge is 2.23. The Kier molecular flexibility index (Phi) is 7.37. The van der Waals surface area contributed by atoms with Crippen LogP contribution in [0.5, 0.6) is 11.5 Å². The smallest absolute Gasteiger partial charge is 0.297 e. The standard InChI is InChI=1S/C29H34N4O3S/c1-20-27(28(34)33(31(20)2)22-14-10-7-11-15-22)30-29-32(21-12-8-5-6-9-13-21)25(19-37-29)24-18-23(35-3)16-17-26(24)36-4/h7,10-11,14-19,21H,5-6,8-9,12-13H2,1-4H3. The van der Waals surface area contributed by atoms with Gasteiger partial charge in [-0.05, 0) is 50.1 Å². The summed E-state index contributed by atoms with van der Waals surface area (Å²) >= 11 is 1.57. The molecule has 4 aromatic rings. The third-order valence-electron chi connectivity index (χ3n) is 7.35. The maximum atomic E-state index is 13.6. The van der Waals surface area contributed by atoms with Crippen molar-refractivity contribution in [1.82, 2.24) is 13.9 Å². The van der Waals surface area contributed by atoms with Crippen molar-refractivity contribution in [3.63, 3.8) is 0 Å². The first-order valence-electron chi connectivity index (χ1n) is 12.8. The SMILES string of the molecule is COc1ccc(OC)c(-c2csc(=Nc3c(C)n(C)n(-c4ccccc4)c3=O)n2C2CCCCCC2)c1. The summed E-state index contributed by atoms with van der Waals surface area (Å²) in [4.78, 5) is 19.5. The molecule has 2 aromatic carbocycles. The average Bonchev–Trinajstić information content (AvgIpc) is 3.28. The highest BCUT2D eigenvalue weighted by Crippen LogP contribution is 2.37. The second kappa shape index (κ2) is 10.8. The van der Waals surface area contributed by atoms with Crippen molar-refractivity contribution in [3.05, 3.63) is 74.8 Å². The van der Waals surface area contributed by atoms with Crippen LogP contribution in [0.2, 0.25) is 0 Å². The predicted molar refractivity (Wildman–Crippen MR) is 149 cm³/mol. The molecule has 0 amide bonds. The molecular weight excluding hydrogens is 484 g/mol. The number of ether oxygens (including phenoxy) is 2. The molecule has 0 unspecified atom stereocenters. The van der Waals surface area contributed by atoms with E-state index in [0.717, 1.165) is 51.8 Å². The highest BCUT2D eigenvalue weighted by molar-refractivity contribution is 7.07. The molecule has 1 aliphatic carbocycles. The van der Waals surface area contributed by atoms with Crippen LogP contribution in [0, 0.1) is 6.92 Å². The quantitative estimate of drug-likeness (QED) is 0.287. The van der Waals surface area contributed by atoms with Crippen molar-refractivity contribution in [1.29, 1.82) is 0 Å². The Hall–Kier alpha value is -3.52. The topological polar surface area (TPSA) is 62.7 Å². The van der Waals surface area contributed by atoms with Gasteiger partial charge in [-0.1, -0.05) is 43.9 Å². The molecule has 194 valence electrons. The zero-order valence-corrected chi connectivity index (χ0v) is 22.8. The zero-order chi connectivity index (χ0) is 25.9. The van der Waals surface area contributed by atoms with E-state index in [-0.39, 0.29) is 5.56 Å². The van der Waals surface area contributed by atoms with Crippen molar-refractivity contribution < 1.29 is 9.47 Å². The van der Waals surface area contributed by atoms with E-state index in [1.807, 2.05) is 67.2 Å². The molecule has 37 heavy (non-hydrogen) atoms. The number of hydrogen-bond donors (Lipinski definition) is 0. The lowest BCUT2D eigenvalue weighted by molar-refractivity contribution is 0.402. The average molecular weight is 519 g/mol. The second-order valence-corrected chi connectivity index (χ2v) is 10.3. The first kappa shape index (κ1) is 25.1. The van der Waals surface area contributed by atoms with E-state index < -0.39 is 0 Å². The van der Waals surface area contributed by atoms with Crippen LogP contribution in [-0.2, 0) is 7.05 Å². The van der Waals surface area contributed by atoms with Gasteiger partial charge in [-0.25, -0.2) is 9.67 Å². The molecule has 0 spiro atoms. The molecule has 2 aromatic heterocycles. The second-order valence-electron chi connectivity index (χ2n) is 9.51. The summed E-state index contributed by atoms with van der Waals surface area (Å²) in [7, 11) is 5.27. The maximum absolute atomic E-state index is 13.6. The van der Waals surface area contributed by atoms with Gasteiger partial charge in [-0.2, -0.15) is 0 Å². The lowest BCUT2D eigenvalue weighted by Gasteiger charge is -2.21. The largest absolute Gasteiger partial charge is 0.497 e. The van der Waals surface area contributed by atoms with Crippen molar-refractivity contribution in [3.8, 4) is 28.4 Å². The monoisotopic (exact) mass is 518 g/mol. The number of rotatable bonds is 6. The lowest BCUT2D eigenvalue weighted by atomic mass is 10.1. The first-order chi connectivity index (χ1) is 18.0. The van der Waals surface area contributed by atoms with E-state index in [0.29, 0.717) is 11.7 Å². The molecule has 8 heteroatoms. The van der Waals surface area contributed by atoms with Gasteiger partial charge in [0.25, 0.3) is 5.56 Å². The molecule has 1 aliphatic rings. The molecule has 2 heterocycles. The van der Waals surface area contributed by atoms with Gasteiger partial charge in [0.2, 0.25) is 0 Å². The molecule has 5 rings (SSSR count). The van der Waals surface area contributed by atoms with Crippen LogP contribution in [0.25, 0.3) is 16.9 Å². The predicted octanol–water partition coefficient (Wildman–Crippen LogP) is 6.16. The third kappa shape index (κ3) is 4.78. The Morgan fingerprint density at radius 3 is 2.38 bits per heavy atom. The van der Waals surface area contributed by atoms with Crippen LogP contribution >= 0.6 is 11.3 Å². The Bertz CT molecular complexity index is 1500. The molecule has 7 nitrogen and oxygen atoms in total. The van der Waals surface area contributed by atoms with Crippen molar-refractivity contribution in [2.24, 2.45) is 12.0 Å². The number of hydrogen-bond acceptors (Lipinski definition) is 5. The van der Waals surface area contributed by atoms with Gasteiger partial charge in [0.1, 0.15) is 11.5 Å². The lowest BCUT2D eigenvalue weighted by Crippen LogP contribution is -2.23. The minimum atomic E-state index is -0.118. The van der Waals surface area contributed by atoms with E-state index in [9.17, 15) is 4.79 Å². The fourth-order valence-corrected chi connectivity index (χ4v) is 6.22. The Morgan fingerprint density at radius 1 is 0.973 bits per heavy atom. The summed E-state index contributed by atoms with van der Waals surface area (Å²) in [5.41, 5.74) is 4.02. The maximum Gasteiger partial charge on any atom is 0.297 e. The Morgan fingerprint density at radius 2 is 1.70 bits per heavy atom. The van der Waals surface area contributed by atoms with E-state index in [1.165, 1.54) is 25.7 Å². The summed E-state index contributed by atoms with van der Waals surface area (Å²) in [6, 6.07) is 15.9. The van der Waals surface area contributed by atoms with Crippen LogP contribution in [0.15, 0.2) is 63.7 Å². The number of para-hydroxylation sites is 1. The number of nitrogens with zero attached hydrogens (tertiary/aromatic N) is 4. The van der Waals surface area contributed by atoms with Crippen LogP contribution < -0.4 is 19.8 Å². The van der Waals surface area contributed by atoms with Crippen molar-refractivity contribution in [2.45, 2.75) is 51.5 Å². The Balaban J connectivity index is 1.73. The summed E-state index contributed by atoms with van der Waals surface area (Å²) in [5, 5.41) is 2.13. The van der Waals surface area contributed by atoms with Gasteiger partial charge in [0.15, 0.2) is 10.5 Å².